The molecule has 0 bridgehead atoms. The summed E-state index contributed by atoms with van der Waals surface area (Å²) in [5.41, 5.74) is 7.25. The van der Waals surface area contributed by atoms with Gasteiger partial charge in [0.05, 0.1) is 6.04 Å². The van der Waals surface area contributed by atoms with Gasteiger partial charge in [-0.05, 0) is 65.1 Å². The molecule has 3 nitrogen and oxygen atoms in total. The Morgan fingerprint density at radius 1 is 1.03 bits per heavy atom. The number of fused-ring (bicyclic) bond motifs is 3. The van der Waals surface area contributed by atoms with Crippen molar-refractivity contribution in [2.75, 3.05) is 10.6 Å². The first-order valence-electron chi connectivity index (χ1n) is 12.1. The summed E-state index contributed by atoms with van der Waals surface area (Å²) in [6.07, 6.45) is 6.97. The monoisotopic (exact) mass is 436 g/mol. The number of anilines is 2. The van der Waals surface area contributed by atoms with Gasteiger partial charge in [0.2, 0.25) is 5.91 Å². The molecule has 3 aromatic rings. The molecule has 0 spiro atoms. The molecule has 2 N–H and O–H groups in total. The molecule has 3 atom stereocenters. The van der Waals surface area contributed by atoms with Crippen molar-refractivity contribution in [2.24, 2.45) is 5.92 Å². The van der Waals surface area contributed by atoms with Crippen LogP contribution in [0.5, 0.6) is 0 Å². The van der Waals surface area contributed by atoms with E-state index in [0.29, 0.717) is 30.2 Å². The van der Waals surface area contributed by atoms with Crippen molar-refractivity contribution in [3.05, 3.63) is 107 Å². The molecule has 2 aliphatic rings. The minimum Gasteiger partial charge on any atom is -0.378 e. The minimum absolute atomic E-state index is 0.0594. The second kappa shape index (κ2) is 9.27. The van der Waals surface area contributed by atoms with Crippen molar-refractivity contribution < 1.29 is 4.79 Å². The molecular weight excluding hydrogens is 404 g/mol. The molecule has 1 heterocycles. The maximum Gasteiger partial charge on any atom is 0.224 e. The molecule has 0 radical (unpaired) electrons. The summed E-state index contributed by atoms with van der Waals surface area (Å²) in [6, 6.07) is 25.9. The summed E-state index contributed by atoms with van der Waals surface area (Å²) in [7, 11) is 0. The molecule has 5 rings (SSSR count). The number of allylic oxidation sites excluding steroid dienone is 2. The van der Waals surface area contributed by atoms with Gasteiger partial charge in [-0.15, -0.1) is 0 Å². The fourth-order valence-corrected chi connectivity index (χ4v) is 5.22. The average molecular weight is 437 g/mol. The van der Waals surface area contributed by atoms with Gasteiger partial charge in [-0.2, -0.15) is 0 Å². The van der Waals surface area contributed by atoms with E-state index in [-0.39, 0.29) is 5.91 Å². The number of benzene rings is 3. The lowest BCUT2D eigenvalue weighted by molar-refractivity contribution is -0.116. The van der Waals surface area contributed by atoms with E-state index < -0.39 is 0 Å². The van der Waals surface area contributed by atoms with Gasteiger partial charge in [0, 0.05) is 23.7 Å². The largest absolute Gasteiger partial charge is 0.378 e. The van der Waals surface area contributed by atoms with Crippen LogP contribution >= 0.6 is 0 Å². The highest BCUT2D eigenvalue weighted by Gasteiger charge is 2.38. The molecule has 0 aromatic heterocycles. The van der Waals surface area contributed by atoms with E-state index in [1.54, 1.807) is 0 Å². The van der Waals surface area contributed by atoms with Crippen molar-refractivity contribution in [1.82, 2.24) is 0 Å². The summed E-state index contributed by atoms with van der Waals surface area (Å²) in [6.45, 7) is 4.47. The highest BCUT2D eigenvalue weighted by molar-refractivity contribution is 5.91. The fraction of sp³-hybridized carbons (Fsp3) is 0.300. The van der Waals surface area contributed by atoms with Gasteiger partial charge in [0.15, 0.2) is 0 Å². The Labute approximate surface area is 196 Å². The van der Waals surface area contributed by atoms with Crippen LogP contribution in [-0.2, 0) is 11.2 Å². The first kappa shape index (κ1) is 21.5. The highest BCUT2D eigenvalue weighted by Crippen LogP contribution is 2.50. The van der Waals surface area contributed by atoms with Crippen LogP contribution in [0.2, 0.25) is 0 Å². The lowest BCUT2D eigenvalue weighted by atomic mass is 9.76. The van der Waals surface area contributed by atoms with Crippen LogP contribution in [-0.4, -0.2) is 5.91 Å². The second-order valence-corrected chi connectivity index (χ2v) is 9.63. The van der Waals surface area contributed by atoms with Crippen molar-refractivity contribution in [3.8, 4) is 0 Å². The van der Waals surface area contributed by atoms with E-state index >= 15 is 0 Å². The van der Waals surface area contributed by atoms with Crippen LogP contribution in [0.3, 0.4) is 0 Å². The zero-order chi connectivity index (χ0) is 22.8. The summed E-state index contributed by atoms with van der Waals surface area (Å²) >= 11 is 0. The zero-order valence-corrected chi connectivity index (χ0v) is 19.4. The topological polar surface area (TPSA) is 41.1 Å². The summed E-state index contributed by atoms with van der Waals surface area (Å²) in [5.74, 6) is 1.47. The Morgan fingerprint density at radius 2 is 1.82 bits per heavy atom. The van der Waals surface area contributed by atoms with Crippen LogP contribution < -0.4 is 10.6 Å². The number of hydrogen-bond acceptors (Lipinski definition) is 2. The number of rotatable bonds is 6. The minimum atomic E-state index is 0.0594. The van der Waals surface area contributed by atoms with Crippen LogP contribution in [0.15, 0.2) is 84.9 Å². The van der Waals surface area contributed by atoms with E-state index in [4.69, 9.17) is 0 Å². The zero-order valence-electron chi connectivity index (χ0n) is 19.4. The van der Waals surface area contributed by atoms with Crippen molar-refractivity contribution in [2.45, 2.75) is 51.0 Å². The molecule has 0 saturated heterocycles. The van der Waals surface area contributed by atoms with Crippen LogP contribution in [0, 0.1) is 5.92 Å². The molecule has 33 heavy (non-hydrogen) atoms. The smallest absolute Gasteiger partial charge is 0.224 e. The third-order valence-electron chi connectivity index (χ3n) is 7.09. The maximum atomic E-state index is 12.6. The number of carbonyl (C=O) groups is 1. The number of nitrogens with one attached hydrogen (secondary N) is 2. The highest BCUT2D eigenvalue weighted by atomic mass is 16.1. The predicted molar refractivity (Wildman–Crippen MR) is 137 cm³/mol. The van der Waals surface area contributed by atoms with Crippen molar-refractivity contribution in [3.63, 3.8) is 0 Å². The Kier molecular flexibility index (Phi) is 6.04. The summed E-state index contributed by atoms with van der Waals surface area (Å²) in [4.78, 5) is 12.6. The summed E-state index contributed by atoms with van der Waals surface area (Å²) in [5, 5.41) is 6.92. The first-order chi connectivity index (χ1) is 16.1. The van der Waals surface area contributed by atoms with E-state index in [9.17, 15) is 4.79 Å². The maximum absolute atomic E-state index is 12.6. The fourth-order valence-electron chi connectivity index (χ4n) is 5.22. The Morgan fingerprint density at radius 3 is 2.58 bits per heavy atom. The normalized spacial score (nSPS) is 20.8. The van der Waals surface area contributed by atoms with Crippen LogP contribution in [0.4, 0.5) is 11.4 Å². The molecular formula is C30H32N2O. The van der Waals surface area contributed by atoms with Crippen LogP contribution in [0.25, 0.3) is 0 Å². The van der Waals surface area contributed by atoms with Gasteiger partial charge in [-0.1, -0.05) is 80.6 Å². The number of carbonyl (C=O) groups excluding carboxylic acids is 1. The number of aryl methyl sites for hydroxylation is 1. The molecule has 3 aromatic carbocycles. The molecule has 0 fully saturated rings. The van der Waals surface area contributed by atoms with Crippen molar-refractivity contribution in [1.29, 1.82) is 0 Å². The van der Waals surface area contributed by atoms with Gasteiger partial charge in [-0.3, -0.25) is 4.79 Å². The number of amides is 1. The third-order valence-corrected chi connectivity index (χ3v) is 7.09. The van der Waals surface area contributed by atoms with E-state index in [0.717, 1.165) is 18.5 Å². The Balaban J connectivity index is 1.31. The number of hydrogen-bond donors (Lipinski definition) is 2. The van der Waals surface area contributed by atoms with Gasteiger partial charge in [0.25, 0.3) is 0 Å². The van der Waals surface area contributed by atoms with Gasteiger partial charge < -0.3 is 10.6 Å². The molecule has 1 amide bonds. The van der Waals surface area contributed by atoms with Gasteiger partial charge >= 0.3 is 0 Å². The third kappa shape index (κ3) is 4.59. The summed E-state index contributed by atoms with van der Waals surface area (Å²) < 4.78 is 0. The SMILES string of the molecule is CC(C)c1ccc(C2Nc3ccc(NC(=O)CCc4ccccc4)cc3C3C=CCC32)cc1. The van der Waals surface area contributed by atoms with E-state index in [2.05, 4.69) is 85.2 Å². The molecule has 168 valence electrons. The van der Waals surface area contributed by atoms with Gasteiger partial charge in [0.1, 0.15) is 0 Å². The first-order valence-corrected chi connectivity index (χ1v) is 12.1. The molecule has 1 aliphatic heterocycles. The molecule has 0 saturated carbocycles. The molecule has 3 unspecified atom stereocenters. The van der Waals surface area contributed by atoms with E-state index in [1.165, 1.54) is 27.9 Å². The quantitative estimate of drug-likeness (QED) is 0.401. The average Bonchev–Trinajstić information content (AvgIpc) is 3.33. The second-order valence-electron chi connectivity index (χ2n) is 9.63. The van der Waals surface area contributed by atoms with Crippen LogP contribution in [0.1, 0.15) is 66.8 Å². The molecule has 3 heteroatoms. The standard InChI is InChI=1S/C30H32N2O/c1-20(2)22-12-14-23(15-13-22)30-26-10-6-9-25(26)27-19-24(16-17-28(27)32-30)31-29(33)18-11-21-7-4-3-5-8-21/h3-9,12-17,19-20,25-26,30,32H,10-11,18H2,1-2H3,(H,31,33). The molecule has 1 aliphatic carbocycles. The Bertz CT molecular complexity index is 1150. The predicted octanol–water partition coefficient (Wildman–Crippen LogP) is 7.21. The lowest BCUT2D eigenvalue weighted by Gasteiger charge is -2.38. The Hall–Kier alpha value is -3.33. The van der Waals surface area contributed by atoms with E-state index in [1.807, 2.05) is 24.3 Å². The lowest BCUT2D eigenvalue weighted by Crippen LogP contribution is -2.29. The van der Waals surface area contributed by atoms with Crippen molar-refractivity contribution >= 4 is 17.3 Å². The van der Waals surface area contributed by atoms with Gasteiger partial charge in [-0.25, -0.2) is 0 Å².